The number of nitrogens with one attached hydrogen (secondary N) is 1. The largest absolute Gasteiger partial charge is 0.393 e. The van der Waals surface area contributed by atoms with Gasteiger partial charge in [-0.1, -0.05) is 0 Å². The van der Waals surface area contributed by atoms with E-state index in [1.54, 1.807) is 0 Å². The Hall–Kier alpha value is -1.48. The van der Waals surface area contributed by atoms with Gasteiger partial charge in [0.15, 0.2) is 6.23 Å². The maximum absolute atomic E-state index is 11.8. The van der Waals surface area contributed by atoms with Crippen LogP contribution in [0, 0.1) is 0 Å². The Bertz CT molecular complexity index is 631. The Morgan fingerprint density at radius 3 is 2.40 bits per heavy atom. The van der Waals surface area contributed by atoms with Gasteiger partial charge >= 0.3 is 5.69 Å². The Morgan fingerprint density at radius 2 is 1.95 bits per heavy atom. The molecular weight excluding hydrogens is 268 g/mol. The van der Waals surface area contributed by atoms with Gasteiger partial charge in [0.2, 0.25) is 0 Å². The number of aromatic amines is 1. The standard InChI is InChI=1S/C12H18N2O6/c1-10(6-15)12(3,19)11(2,18)8(20-10)14-5-4-7(16)13-9(14)17/h4-5,8,15,18-19H,6H2,1-3H3,(H,13,16,17)/t8-,10+,11?,12+/m1/s1. The van der Waals surface area contributed by atoms with Crippen molar-refractivity contribution in [2.75, 3.05) is 6.61 Å². The maximum Gasteiger partial charge on any atom is 0.330 e. The van der Waals surface area contributed by atoms with Crippen molar-refractivity contribution < 1.29 is 20.1 Å². The fourth-order valence-corrected chi connectivity index (χ4v) is 2.38. The highest BCUT2D eigenvalue weighted by Crippen LogP contribution is 2.50. The third-order valence-electron chi connectivity index (χ3n) is 4.27. The molecule has 1 aliphatic heterocycles. The molecule has 2 rings (SSSR count). The zero-order valence-electron chi connectivity index (χ0n) is 11.5. The highest BCUT2D eigenvalue weighted by atomic mass is 16.6. The number of aliphatic hydroxyl groups excluding tert-OH is 1. The van der Waals surface area contributed by atoms with E-state index in [4.69, 9.17) is 4.74 Å². The van der Waals surface area contributed by atoms with E-state index in [1.165, 1.54) is 27.0 Å². The minimum atomic E-state index is -1.85. The van der Waals surface area contributed by atoms with Crippen LogP contribution in [-0.4, -0.2) is 48.3 Å². The van der Waals surface area contributed by atoms with E-state index in [2.05, 4.69) is 0 Å². The van der Waals surface area contributed by atoms with Crippen molar-refractivity contribution in [1.82, 2.24) is 9.55 Å². The Balaban J connectivity index is 2.59. The lowest BCUT2D eigenvalue weighted by molar-refractivity contribution is -0.162. The number of rotatable bonds is 2. The molecule has 1 unspecified atom stereocenters. The number of hydrogen-bond acceptors (Lipinski definition) is 6. The lowest BCUT2D eigenvalue weighted by Crippen LogP contribution is -2.60. The Morgan fingerprint density at radius 1 is 1.35 bits per heavy atom. The second-order valence-electron chi connectivity index (χ2n) is 5.60. The second-order valence-corrected chi connectivity index (χ2v) is 5.60. The predicted molar refractivity (Wildman–Crippen MR) is 68.2 cm³/mol. The summed E-state index contributed by atoms with van der Waals surface area (Å²) in [7, 11) is 0. The zero-order chi connectivity index (χ0) is 15.3. The maximum atomic E-state index is 11.8. The van der Waals surface area contributed by atoms with Crippen molar-refractivity contribution in [2.45, 2.75) is 43.8 Å². The summed E-state index contributed by atoms with van der Waals surface area (Å²) in [5.41, 5.74) is -6.49. The number of H-pyrrole nitrogens is 1. The molecule has 1 fully saturated rings. The Labute approximate surface area is 114 Å². The molecule has 0 spiro atoms. The molecule has 1 aliphatic rings. The molecule has 4 N–H and O–H groups in total. The smallest absolute Gasteiger partial charge is 0.330 e. The molecule has 0 saturated carbocycles. The molecule has 8 nitrogen and oxygen atoms in total. The first-order valence-electron chi connectivity index (χ1n) is 6.12. The van der Waals surface area contributed by atoms with E-state index in [9.17, 15) is 24.9 Å². The fraction of sp³-hybridized carbons (Fsp3) is 0.667. The molecule has 8 heteroatoms. The second kappa shape index (κ2) is 4.26. The third-order valence-corrected chi connectivity index (χ3v) is 4.27. The molecule has 1 aromatic heterocycles. The number of ether oxygens (including phenoxy) is 1. The molecule has 0 aliphatic carbocycles. The van der Waals surface area contributed by atoms with Gasteiger partial charge in [0.25, 0.3) is 5.56 Å². The van der Waals surface area contributed by atoms with Crippen molar-refractivity contribution in [1.29, 1.82) is 0 Å². The summed E-state index contributed by atoms with van der Waals surface area (Å²) in [6, 6.07) is 1.10. The third kappa shape index (κ3) is 1.76. The Kier molecular flexibility index (Phi) is 3.17. The van der Waals surface area contributed by atoms with E-state index >= 15 is 0 Å². The average Bonchev–Trinajstić information content (AvgIpc) is 2.48. The fourth-order valence-electron chi connectivity index (χ4n) is 2.38. The SMILES string of the molecule is CC1(O)[C@H](n2ccc(=O)[nH]c2=O)O[C@@](C)(CO)[C@]1(C)O. The van der Waals surface area contributed by atoms with Crippen LogP contribution in [0.15, 0.2) is 21.9 Å². The minimum absolute atomic E-state index is 0.551. The van der Waals surface area contributed by atoms with Crippen molar-refractivity contribution in [2.24, 2.45) is 0 Å². The number of nitrogens with zero attached hydrogens (tertiary/aromatic N) is 1. The van der Waals surface area contributed by atoms with Gasteiger partial charge in [-0.15, -0.1) is 0 Å². The number of hydrogen-bond donors (Lipinski definition) is 4. The first-order valence-corrected chi connectivity index (χ1v) is 6.12. The van der Waals surface area contributed by atoms with Gasteiger partial charge in [0.05, 0.1) is 6.61 Å². The molecule has 1 aromatic rings. The van der Waals surface area contributed by atoms with Crippen LogP contribution < -0.4 is 11.2 Å². The summed E-state index contributed by atoms with van der Waals surface area (Å²) in [6.45, 7) is 3.50. The minimum Gasteiger partial charge on any atom is -0.393 e. The van der Waals surface area contributed by atoms with Gasteiger partial charge < -0.3 is 20.1 Å². The highest BCUT2D eigenvalue weighted by molar-refractivity contribution is 5.14. The van der Waals surface area contributed by atoms with Crippen LogP contribution in [0.5, 0.6) is 0 Å². The van der Waals surface area contributed by atoms with Crippen LogP contribution in [0.3, 0.4) is 0 Å². The van der Waals surface area contributed by atoms with Crippen LogP contribution in [0.2, 0.25) is 0 Å². The summed E-state index contributed by atoms with van der Waals surface area (Å²) in [5.74, 6) is 0. The van der Waals surface area contributed by atoms with Crippen LogP contribution in [0.1, 0.15) is 27.0 Å². The van der Waals surface area contributed by atoms with E-state index < -0.39 is 40.9 Å². The summed E-state index contributed by atoms with van der Waals surface area (Å²) < 4.78 is 6.50. The first-order chi connectivity index (χ1) is 9.07. The van der Waals surface area contributed by atoms with Crippen molar-refractivity contribution >= 4 is 0 Å². The molecule has 112 valence electrons. The van der Waals surface area contributed by atoms with Crippen LogP contribution in [0.4, 0.5) is 0 Å². The van der Waals surface area contributed by atoms with Gasteiger partial charge in [-0.05, 0) is 20.8 Å². The summed E-state index contributed by atoms with van der Waals surface area (Å²) >= 11 is 0. The topological polar surface area (TPSA) is 125 Å². The monoisotopic (exact) mass is 286 g/mol. The lowest BCUT2D eigenvalue weighted by atomic mass is 9.76. The molecule has 20 heavy (non-hydrogen) atoms. The molecule has 0 radical (unpaired) electrons. The normalized spacial score (nSPS) is 41.0. The van der Waals surface area contributed by atoms with Gasteiger partial charge in [-0.3, -0.25) is 14.3 Å². The van der Waals surface area contributed by atoms with Crippen molar-refractivity contribution in [3.8, 4) is 0 Å². The van der Waals surface area contributed by atoms with Gasteiger partial charge in [-0.2, -0.15) is 0 Å². The summed E-state index contributed by atoms with van der Waals surface area (Å²) in [6.07, 6.45) is -0.0848. The molecule has 0 bridgehead atoms. The van der Waals surface area contributed by atoms with E-state index in [-0.39, 0.29) is 0 Å². The quantitative estimate of drug-likeness (QED) is 0.514. The molecule has 0 amide bonds. The molecule has 4 atom stereocenters. The summed E-state index contributed by atoms with van der Waals surface area (Å²) in [4.78, 5) is 24.9. The van der Waals surface area contributed by atoms with Crippen LogP contribution in [-0.2, 0) is 4.74 Å². The van der Waals surface area contributed by atoms with E-state index in [0.29, 0.717) is 0 Å². The first kappa shape index (κ1) is 14.9. The molecule has 2 heterocycles. The zero-order valence-corrected chi connectivity index (χ0v) is 11.5. The summed E-state index contributed by atoms with van der Waals surface area (Å²) in [5, 5.41) is 30.5. The van der Waals surface area contributed by atoms with Crippen LogP contribution in [0.25, 0.3) is 0 Å². The average molecular weight is 286 g/mol. The van der Waals surface area contributed by atoms with E-state index in [0.717, 1.165) is 10.6 Å². The molecule has 0 aromatic carbocycles. The highest BCUT2D eigenvalue weighted by Gasteiger charge is 2.67. The van der Waals surface area contributed by atoms with Crippen molar-refractivity contribution in [3.63, 3.8) is 0 Å². The predicted octanol–water partition coefficient (Wildman–Crippen LogP) is -1.68. The number of aliphatic hydroxyl groups is 3. The van der Waals surface area contributed by atoms with Crippen molar-refractivity contribution in [3.05, 3.63) is 33.1 Å². The van der Waals surface area contributed by atoms with E-state index in [1.807, 2.05) is 4.98 Å². The molecular formula is C12H18N2O6. The van der Waals surface area contributed by atoms with Gasteiger partial charge in [-0.25, -0.2) is 4.79 Å². The van der Waals surface area contributed by atoms with Crippen LogP contribution >= 0.6 is 0 Å². The lowest BCUT2D eigenvalue weighted by Gasteiger charge is -2.39. The van der Waals surface area contributed by atoms with Gasteiger partial charge in [0.1, 0.15) is 16.8 Å². The van der Waals surface area contributed by atoms with Gasteiger partial charge in [0, 0.05) is 12.3 Å². The molecule has 1 saturated heterocycles. The number of aromatic nitrogens is 2.